The minimum absolute atomic E-state index is 0.00327. The van der Waals surface area contributed by atoms with E-state index in [1.165, 1.54) is 15.9 Å². The van der Waals surface area contributed by atoms with E-state index >= 15 is 0 Å². The van der Waals surface area contributed by atoms with Crippen molar-refractivity contribution in [1.82, 2.24) is 14.5 Å². The molecule has 0 unspecified atom stereocenters. The highest BCUT2D eigenvalue weighted by molar-refractivity contribution is 7.18. The third-order valence-corrected chi connectivity index (χ3v) is 5.32. The summed E-state index contributed by atoms with van der Waals surface area (Å²) in [5.74, 6) is 0.529. The predicted molar refractivity (Wildman–Crippen MR) is 102 cm³/mol. The number of nitrogens with zero attached hydrogens (tertiary/aromatic N) is 3. The zero-order valence-electron chi connectivity index (χ0n) is 14.9. The molecule has 0 amide bonds. The summed E-state index contributed by atoms with van der Waals surface area (Å²) >= 11 is 1.53. The highest BCUT2D eigenvalue weighted by Gasteiger charge is 2.19. The molecule has 0 saturated carbocycles. The van der Waals surface area contributed by atoms with Gasteiger partial charge in [0.25, 0.3) is 5.56 Å². The smallest absolute Gasteiger partial charge is 0.263 e. The Morgan fingerprint density at radius 3 is 2.52 bits per heavy atom. The lowest BCUT2D eigenvalue weighted by Gasteiger charge is -2.15. The summed E-state index contributed by atoms with van der Waals surface area (Å²) in [5.41, 5.74) is 1.42. The average molecular weight is 355 g/mol. The summed E-state index contributed by atoms with van der Waals surface area (Å²) in [6, 6.07) is 9.05. The molecule has 0 N–H and O–H groups in total. The van der Waals surface area contributed by atoms with Gasteiger partial charge in [-0.05, 0) is 33.5 Å². The van der Waals surface area contributed by atoms with Gasteiger partial charge in [0.1, 0.15) is 10.7 Å². The second-order valence-electron chi connectivity index (χ2n) is 6.41. The molecule has 1 aromatic carbocycles. The van der Waals surface area contributed by atoms with Crippen LogP contribution in [0, 0.1) is 13.8 Å². The number of aryl methyl sites for hydroxylation is 2. The Morgan fingerprint density at radius 2 is 1.88 bits per heavy atom. The molecule has 0 aliphatic carbocycles. The Morgan fingerprint density at radius 1 is 1.20 bits per heavy atom. The van der Waals surface area contributed by atoms with Gasteiger partial charge < -0.3 is 4.90 Å². The van der Waals surface area contributed by atoms with Gasteiger partial charge in [0.05, 0.1) is 18.5 Å². The monoisotopic (exact) mass is 355 g/mol. The van der Waals surface area contributed by atoms with Crippen molar-refractivity contribution in [2.45, 2.75) is 26.9 Å². The number of carbonyl (C=O) groups is 1. The molecule has 0 aliphatic rings. The van der Waals surface area contributed by atoms with E-state index in [9.17, 15) is 9.59 Å². The van der Waals surface area contributed by atoms with Crippen molar-refractivity contribution >= 4 is 27.3 Å². The van der Waals surface area contributed by atoms with E-state index < -0.39 is 0 Å². The summed E-state index contributed by atoms with van der Waals surface area (Å²) in [4.78, 5) is 34.2. The Bertz CT molecular complexity index is 987. The standard InChI is InChI=1S/C19H21N3O2S/c1-12-13(2)25-18-17(12)19(24)22(16(20-18)11-21(3)4)10-15(23)14-8-6-5-7-9-14/h5-9H,10-11H2,1-4H3. The van der Waals surface area contributed by atoms with Crippen LogP contribution in [0.15, 0.2) is 35.1 Å². The van der Waals surface area contributed by atoms with E-state index in [0.717, 1.165) is 15.3 Å². The van der Waals surface area contributed by atoms with Crippen molar-refractivity contribution in [2.24, 2.45) is 0 Å². The topological polar surface area (TPSA) is 55.2 Å². The fourth-order valence-electron chi connectivity index (χ4n) is 2.79. The van der Waals surface area contributed by atoms with Crippen LogP contribution in [-0.2, 0) is 13.1 Å². The maximum Gasteiger partial charge on any atom is 0.263 e. The number of rotatable bonds is 5. The number of benzene rings is 1. The molecule has 3 rings (SSSR count). The molecule has 3 aromatic rings. The van der Waals surface area contributed by atoms with Crippen molar-refractivity contribution in [3.63, 3.8) is 0 Å². The van der Waals surface area contributed by atoms with Gasteiger partial charge in [0.2, 0.25) is 0 Å². The maximum atomic E-state index is 13.1. The molecule has 2 heterocycles. The summed E-state index contributed by atoms with van der Waals surface area (Å²) in [7, 11) is 3.84. The van der Waals surface area contributed by atoms with Crippen LogP contribution in [0.4, 0.5) is 0 Å². The Hall–Kier alpha value is -2.31. The molecule has 5 nitrogen and oxygen atoms in total. The van der Waals surface area contributed by atoms with Gasteiger partial charge in [0.15, 0.2) is 5.78 Å². The van der Waals surface area contributed by atoms with E-state index in [1.54, 1.807) is 12.1 Å². The number of fused-ring (bicyclic) bond motifs is 1. The van der Waals surface area contributed by atoms with Crippen molar-refractivity contribution in [1.29, 1.82) is 0 Å². The fourth-order valence-corrected chi connectivity index (χ4v) is 3.83. The molecule has 0 bridgehead atoms. The molecule has 130 valence electrons. The van der Waals surface area contributed by atoms with Crippen molar-refractivity contribution < 1.29 is 4.79 Å². The van der Waals surface area contributed by atoms with Crippen LogP contribution in [0.2, 0.25) is 0 Å². The molecule has 0 saturated heterocycles. The third kappa shape index (κ3) is 3.41. The van der Waals surface area contributed by atoms with Crippen molar-refractivity contribution in [2.75, 3.05) is 14.1 Å². The summed E-state index contributed by atoms with van der Waals surface area (Å²) in [6.45, 7) is 4.44. The second kappa shape index (κ2) is 6.90. The zero-order chi connectivity index (χ0) is 18.1. The summed E-state index contributed by atoms with van der Waals surface area (Å²) < 4.78 is 1.52. The first-order valence-corrected chi connectivity index (χ1v) is 8.92. The number of carbonyl (C=O) groups excluding carboxylic acids is 1. The minimum Gasteiger partial charge on any atom is -0.302 e. The number of aromatic nitrogens is 2. The number of hydrogen-bond donors (Lipinski definition) is 0. The number of Topliss-reactive ketones (excluding diaryl/α,β-unsaturated/α-hetero) is 1. The highest BCUT2D eigenvalue weighted by atomic mass is 32.1. The number of ketones is 1. The Balaban J connectivity index is 2.14. The first-order valence-electron chi connectivity index (χ1n) is 8.11. The van der Waals surface area contributed by atoms with E-state index in [1.807, 2.05) is 51.0 Å². The summed E-state index contributed by atoms with van der Waals surface area (Å²) in [6.07, 6.45) is 0. The second-order valence-corrected chi connectivity index (χ2v) is 7.61. The van der Waals surface area contributed by atoms with Gasteiger partial charge in [-0.1, -0.05) is 30.3 Å². The SMILES string of the molecule is Cc1sc2nc(CN(C)C)n(CC(=O)c3ccccc3)c(=O)c2c1C. The van der Waals surface area contributed by atoms with Gasteiger partial charge in [0, 0.05) is 10.4 Å². The van der Waals surface area contributed by atoms with Gasteiger partial charge in [-0.2, -0.15) is 0 Å². The van der Waals surface area contributed by atoms with Crippen LogP contribution in [0.3, 0.4) is 0 Å². The fraction of sp³-hybridized carbons (Fsp3) is 0.316. The molecule has 0 radical (unpaired) electrons. The zero-order valence-corrected chi connectivity index (χ0v) is 15.7. The Labute approximate surface area is 150 Å². The van der Waals surface area contributed by atoms with E-state index in [-0.39, 0.29) is 17.9 Å². The first-order chi connectivity index (χ1) is 11.9. The molecule has 0 fully saturated rings. The lowest BCUT2D eigenvalue weighted by molar-refractivity contribution is 0.0968. The molecule has 2 aromatic heterocycles. The maximum absolute atomic E-state index is 13.1. The third-order valence-electron chi connectivity index (χ3n) is 4.22. The predicted octanol–water partition coefficient (Wildman–Crippen LogP) is 3.02. The Kier molecular flexibility index (Phi) is 4.83. The van der Waals surface area contributed by atoms with Gasteiger partial charge in [-0.3, -0.25) is 14.2 Å². The van der Waals surface area contributed by atoms with Gasteiger partial charge in [-0.15, -0.1) is 11.3 Å². The molecule has 6 heteroatoms. The average Bonchev–Trinajstić information content (AvgIpc) is 2.85. The molecule has 25 heavy (non-hydrogen) atoms. The molecule has 0 aliphatic heterocycles. The van der Waals surface area contributed by atoms with E-state index in [2.05, 4.69) is 0 Å². The number of hydrogen-bond acceptors (Lipinski definition) is 5. The molecular weight excluding hydrogens is 334 g/mol. The van der Waals surface area contributed by atoms with E-state index in [0.29, 0.717) is 23.3 Å². The van der Waals surface area contributed by atoms with Crippen LogP contribution in [-0.4, -0.2) is 34.3 Å². The van der Waals surface area contributed by atoms with Crippen LogP contribution in [0.1, 0.15) is 26.6 Å². The van der Waals surface area contributed by atoms with E-state index in [4.69, 9.17) is 4.98 Å². The van der Waals surface area contributed by atoms with Crippen LogP contribution in [0.5, 0.6) is 0 Å². The largest absolute Gasteiger partial charge is 0.302 e. The molecular formula is C19H21N3O2S. The van der Waals surface area contributed by atoms with Gasteiger partial charge in [-0.25, -0.2) is 4.98 Å². The number of thiophene rings is 1. The highest BCUT2D eigenvalue weighted by Crippen LogP contribution is 2.26. The van der Waals surface area contributed by atoms with Crippen molar-refractivity contribution in [3.8, 4) is 0 Å². The molecule has 0 atom stereocenters. The minimum atomic E-state index is -0.131. The lowest BCUT2D eigenvalue weighted by Crippen LogP contribution is -2.31. The van der Waals surface area contributed by atoms with Crippen LogP contribution >= 0.6 is 11.3 Å². The van der Waals surface area contributed by atoms with Crippen LogP contribution in [0.25, 0.3) is 10.2 Å². The summed E-state index contributed by atoms with van der Waals surface area (Å²) in [5, 5.41) is 0.630. The lowest BCUT2D eigenvalue weighted by atomic mass is 10.1. The first kappa shape index (κ1) is 17.5. The molecule has 0 spiro atoms. The quantitative estimate of drug-likeness (QED) is 0.660. The van der Waals surface area contributed by atoms with Crippen molar-refractivity contribution in [3.05, 3.63) is 62.5 Å². The normalized spacial score (nSPS) is 11.4. The van der Waals surface area contributed by atoms with Gasteiger partial charge >= 0.3 is 0 Å². The van der Waals surface area contributed by atoms with Crippen LogP contribution < -0.4 is 5.56 Å².